The van der Waals surface area contributed by atoms with E-state index in [-0.39, 0.29) is 30.7 Å². The second-order valence-electron chi connectivity index (χ2n) is 5.39. The molecule has 1 aromatic heterocycles. The van der Waals surface area contributed by atoms with Gasteiger partial charge in [0.2, 0.25) is 5.91 Å². The van der Waals surface area contributed by atoms with Gasteiger partial charge in [-0.15, -0.1) is 24.8 Å². The Balaban J connectivity index is 0.000001000. The summed E-state index contributed by atoms with van der Waals surface area (Å²) in [6.45, 7) is 0.663. The van der Waals surface area contributed by atoms with Crippen LogP contribution in [0.25, 0.3) is 0 Å². The van der Waals surface area contributed by atoms with Crippen LogP contribution in [-0.4, -0.2) is 33.8 Å². The zero-order valence-corrected chi connectivity index (χ0v) is 13.0. The smallest absolute Gasteiger partial charge is 0.222 e. The van der Waals surface area contributed by atoms with Crippen LogP contribution in [0.2, 0.25) is 0 Å². The van der Waals surface area contributed by atoms with E-state index in [4.69, 9.17) is 0 Å². The number of carbonyl (C=O) groups is 1. The molecule has 0 aliphatic carbocycles. The van der Waals surface area contributed by atoms with Gasteiger partial charge in [0.05, 0.1) is 0 Å². The van der Waals surface area contributed by atoms with Crippen LogP contribution in [0.4, 0.5) is 0 Å². The number of hydrogen-bond acceptors (Lipinski definition) is 3. The van der Waals surface area contributed by atoms with Crippen LogP contribution in [0.1, 0.15) is 32.1 Å². The minimum absolute atomic E-state index is 0. The average Bonchev–Trinajstić information content (AvgIpc) is 2.97. The van der Waals surface area contributed by atoms with E-state index in [1.165, 1.54) is 12.8 Å². The molecule has 2 bridgehead atoms. The highest BCUT2D eigenvalue weighted by atomic mass is 35.5. The molecule has 0 aromatic carbocycles. The number of nitrogens with zero attached hydrogens (tertiary/aromatic N) is 2. The summed E-state index contributed by atoms with van der Waals surface area (Å²) in [5.74, 6) is 0.150. The van der Waals surface area contributed by atoms with Crippen LogP contribution in [0.15, 0.2) is 18.5 Å². The third kappa shape index (κ3) is 4.36. The first-order chi connectivity index (χ1) is 8.79. The molecule has 114 valence electrons. The maximum atomic E-state index is 11.9. The van der Waals surface area contributed by atoms with Crippen molar-refractivity contribution in [2.24, 2.45) is 0 Å². The lowest BCUT2D eigenvalue weighted by Crippen LogP contribution is -2.48. The Morgan fingerprint density at radius 2 is 2.00 bits per heavy atom. The predicted octanol–water partition coefficient (Wildman–Crippen LogP) is 1.52. The van der Waals surface area contributed by atoms with E-state index in [1.54, 1.807) is 10.9 Å². The van der Waals surface area contributed by atoms with Crippen molar-refractivity contribution in [3.63, 3.8) is 0 Å². The van der Waals surface area contributed by atoms with E-state index in [0.29, 0.717) is 31.1 Å². The second-order valence-corrected chi connectivity index (χ2v) is 5.39. The van der Waals surface area contributed by atoms with Gasteiger partial charge in [-0.2, -0.15) is 5.10 Å². The third-order valence-electron chi connectivity index (χ3n) is 3.97. The molecule has 0 saturated carbocycles. The molecule has 0 spiro atoms. The molecule has 1 amide bonds. The van der Waals surface area contributed by atoms with Gasteiger partial charge in [-0.1, -0.05) is 0 Å². The van der Waals surface area contributed by atoms with Crippen LogP contribution in [0, 0.1) is 0 Å². The minimum atomic E-state index is 0. The molecule has 2 atom stereocenters. The van der Waals surface area contributed by atoms with Crippen LogP contribution in [-0.2, 0) is 11.3 Å². The Kier molecular flexibility index (Phi) is 6.79. The summed E-state index contributed by atoms with van der Waals surface area (Å²) in [5, 5.41) is 10.8. The molecule has 3 rings (SSSR count). The summed E-state index contributed by atoms with van der Waals surface area (Å²) in [4.78, 5) is 11.9. The third-order valence-corrected chi connectivity index (χ3v) is 3.97. The molecule has 2 N–H and O–H groups in total. The maximum absolute atomic E-state index is 11.9. The highest BCUT2D eigenvalue weighted by Crippen LogP contribution is 2.26. The fraction of sp³-hybridized carbons (Fsp3) is 0.692. The van der Waals surface area contributed by atoms with Crippen molar-refractivity contribution in [2.75, 3.05) is 0 Å². The van der Waals surface area contributed by atoms with Gasteiger partial charge in [0.1, 0.15) is 0 Å². The molecule has 2 fully saturated rings. The van der Waals surface area contributed by atoms with E-state index < -0.39 is 0 Å². The largest absolute Gasteiger partial charge is 0.353 e. The summed E-state index contributed by atoms with van der Waals surface area (Å²) < 4.78 is 1.80. The molecular weight excluding hydrogens is 299 g/mol. The highest BCUT2D eigenvalue weighted by molar-refractivity contribution is 5.85. The number of rotatable bonds is 4. The van der Waals surface area contributed by atoms with Crippen molar-refractivity contribution in [1.82, 2.24) is 20.4 Å². The second kappa shape index (κ2) is 7.86. The van der Waals surface area contributed by atoms with Crippen LogP contribution < -0.4 is 10.6 Å². The Morgan fingerprint density at radius 1 is 1.30 bits per heavy atom. The molecule has 7 heteroatoms. The fourth-order valence-corrected chi connectivity index (χ4v) is 3.12. The van der Waals surface area contributed by atoms with Gasteiger partial charge < -0.3 is 10.6 Å². The first-order valence-corrected chi connectivity index (χ1v) is 6.82. The topological polar surface area (TPSA) is 59.0 Å². The van der Waals surface area contributed by atoms with Gasteiger partial charge in [-0.05, 0) is 31.7 Å². The summed E-state index contributed by atoms with van der Waals surface area (Å²) in [5.41, 5.74) is 0. The summed E-state index contributed by atoms with van der Waals surface area (Å²) in [6, 6.07) is 3.50. The number of carbonyl (C=O) groups excluding carboxylic acids is 1. The number of hydrogen-bond donors (Lipinski definition) is 2. The minimum Gasteiger partial charge on any atom is -0.353 e. The van der Waals surface area contributed by atoms with Crippen LogP contribution in [0.3, 0.4) is 0 Å². The number of aromatic nitrogens is 2. The molecule has 2 unspecified atom stereocenters. The number of aryl methyl sites for hydroxylation is 1. The van der Waals surface area contributed by atoms with E-state index in [2.05, 4.69) is 15.7 Å². The van der Waals surface area contributed by atoms with Gasteiger partial charge in [-0.25, -0.2) is 0 Å². The van der Waals surface area contributed by atoms with Crippen LogP contribution >= 0.6 is 24.8 Å². The Labute approximate surface area is 131 Å². The summed E-state index contributed by atoms with van der Waals surface area (Å²) >= 11 is 0. The van der Waals surface area contributed by atoms with Gasteiger partial charge in [-0.3, -0.25) is 9.48 Å². The summed E-state index contributed by atoms with van der Waals surface area (Å²) in [7, 11) is 0. The van der Waals surface area contributed by atoms with Crippen molar-refractivity contribution in [2.45, 2.75) is 56.8 Å². The molecule has 3 heterocycles. The van der Waals surface area contributed by atoms with E-state index in [9.17, 15) is 4.79 Å². The molecule has 2 aliphatic rings. The quantitative estimate of drug-likeness (QED) is 0.884. The zero-order valence-electron chi connectivity index (χ0n) is 11.3. The molecule has 2 saturated heterocycles. The summed E-state index contributed by atoms with van der Waals surface area (Å²) in [6.07, 6.45) is 8.85. The first kappa shape index (κ1) is 17.3. The van der Waals surface area contributed by atoms with Crippen molar-refractivity contribution < 1.29 is 4.79 Å². The molecule has 2 aliphatic heterocycles. The first-order valence-electron chi connectivity index (χ1n) is 6.82. The number of fused-ring (bicyclic) bond motifs is 2. The van der Waals surface area contributed by atoms with E-state index in [0.717, 1.165) is 12.8 Å². The lowest BCUT2D eigenvalue weighted by Gasteiger charge is -2.29. The average molecular weight is 321 g/mol. The normalized spacial score (nSPS) is 27.3. The monoisotopic (exact) mass is 320 g/mol. The number of halogens is 2. The van der Waals surface area contributed by atoms with Gasteiger partial charge in [0.25, 0.3) is 0 Å². The molecule has 0 radical (unpaired) electrons. The van der Waals surface area contributed by atoms with Crippen molar-refractivity contribution in [3.05, 3.63) is 18.5 Å². The Morgan fingerprint density at radius 3 is 2.60 bits per heavy atom. The molecule has 5 nitrogen and oxygen atoms in total. The SMILES string of the molecule is Cl.Cl.O=C(CCn1cccn1)NC1CC2CCC(C1)N2. The fourth-order valence-electron chi connectivity index (χ4n) is 3.12. The lowest BCUT2D eigenvalue weighted by atomic mass is 10.00. The highest BCUT2D eigenvalue weighted by Gasteiger charge is 2.33. The molecule has 1 aromatic rings. The van der Waals surface area contributed by atoms with E-state index in [1.807, 2.05) is 12.3 Å². The predicted molar refractivity (Wildman–Crippen MR) is 82.5 cm³/mol. The van der Waals surface area contributed by atoms with E-state index >= 15 is 0 Å². The lowest BCUT2D eigenvalue weighted by molar-refractivity contribution is -0.122. The molecule has 20 heavy (non-hydrogen) atoms. The number of amides is 1. The van der Waals surface area contributed by atoms with Gasteiger partial charge in [0.15, 0.2) is 0 Å². The number of nitrogens with one attached hydrogen (secondary N) is 2. The molecular formula is C13H22Cl2N4O. The van der Waals surface area contributed by atoms with Crippen molar-refractivity contribution in [3.8, 4) is 0 Å². The van der Waals surface area contributed by atoms with Crippen molar-refractivity contribution >= 4 is 30.7 Å². The van der Waals surface area contributed by atoms with Crippen molar-refractivity contribution in [1.29, 1.82) is 0 Å². The van der Waals surface area contributed by atoms with Crippen LogP contribution in [0.5, 0.6) is 0 Å². The maximum Gasteiger partial charge on any atom is 0.222 e. The van der Waals surface area contributed by atoms with Gasteiger partial charge in [0, 0.05) is 43.5 Å². The van der Waals surface area contributed by atoms with Gasteiger partial charge >= 0.3 is 0 Å². The Hall–Kier alpha value is -0.780. The number of piperidine rings is 1. The standard InChI is InChI=1S/C13H20N4O.2ClH/c18-13(4-7-17-6-1-5-14-17)16-12-8-10-2-3-11(9-12)15-10;;/h1,5-6,10-12,15H,2-4,7-9H2,(H,16,18);2*1H. The zero-order chi connectivity index (χ0) is 12.4. The Bertz CT molecular complexity index is 401.